The minimum absolute atomic E-state index is 0.197. The fraction of sp³-hybridized carbons (Fsp3) is 0.500. The Hall–Kier alpha value is -0.530. The number of halogens is 1. The first kappa shape index (κ1) is 11.5. The van der Waals surface area contributed by atoms with Crippen LogP contribution in [0.25, 0.3) is 0 Å². The van der Waals surface area contributed by atoms with Crippen molar-refractivity contribution >= 4 is 11.6 Å². The van der Waals surface area contributed by atoms with Gasteiger partial charge < -0.3 is 5.32 Å². The molecule has 0 aromatic heterocycles. The molecule has 1 aromatic rings. The Morgan fingerprint density at radius 1 is 1.36 bits per heavy atom. The monoisotopic (exact) mass is 211 g/mol. The third-order valence-corrected chi connectivity index (χ3v) is 2.78. The number of benzene rings is 1. The quantitative estimate of drug-likeness (QED) is 0.802. The molecule has 2 heteroatoms. The summed E-state index contributed by atoms with van der Waals surface area (Å²) < 4.78 is 0. The summed E-state index contributed by atoms with van der Waals surface area (Å²) in [6, 6.07) is 7.97. The van der Waals surface area contributed by atoms with Crippen LogP contribution in [0.3, 0.4) is 0 Å². The van der Waals surface area contributed by atoms with E-state index in [0.717, 1.165) is 18.0 Å². The molecule has 1 aromatic carbocycles. The maximum absolute atomic E-state index is 5.90. The Morgan fingerprint density at radius 2 is 2.07 bits per heavy atom. The minimum atomic E-state index is 0.197. The van der Waals surface area contributed by atoms with E-state index < -0.39 is 0 Å². The zero-order valence-corrected chi connectivity index (χ0v) is 9.86. The van der Waals surface area contributed by atoms with E-state index in [1.807, 2.05) is 18.2 Å². The SMILES string of the molecule is CCC(C)(C)NCc1cccc(Cl)c1. The molecular weight excluding hydrogens is 194 g/mol. The highest BCUT2D eigenvalue weighted by Crippen LogP contribution is 2.13. The molecule has 0 fully saturated rings. The molecule has 0 saturated heterocycles. The van der Waals surface area contributed by atoms with Gasteiger partial charge in [0.05, 0.1) is 0 Å². The van der Waals surface area contributed by atoms with Gasteiger partial charge in [0.1, 0.15) is 0 Å². The van der Waals surface area contributed by atoms with E-state index in [1.165, 1.54) is 5.56 Å². The third kappa shape index (κ3) is 3.69. The molecule has 0 radical (unpaired) electrons. The van der Waals surface area contributed by atoms with Crippen molar-refractivity contribution in [1.29, 1.82) is 0 Å². The van der Waals surface area contributed by atoms with Crippen molar-refractivity contribution in [3.05, 3.63) is 34.9 Å². The fourth-order valence-electron chi connectivity index (χ4n) is 1.11. The lowest BCUT2D eigenvalue weighted by atomic mass is 10.0. The summed E-state index contributed by atoms with van der Waals surface area (Å²) in [5.74, 6) is 0. The molecule has 0 aliphatic rings. The van der Waals surface area contributed by atoms with Crippen molar-refractivity contribution in [2.24, 2.45) is 0 Å². The van der Waals surface area contributed by atoms with Gasteiger partial charge in [0.25, 0.3) is 0 Å². The molecule has 0 atom stereocenters. The van der Waals surface area contributed by atoms with Crippen LogP contribution >= 0.6 is 11.6 Å². The first-order valence-electron chi connectivity index (χ1n) is 5.03. The second-order valence-electron chi connectivity index (χ2n) is 4.22. The lowest BCUT2D eigenvalue weighted by molar-refractivity contribution is 0.374. The molecule has 0 spiro atoms. The van der Waals surface area contributed by atoms with Crippen molar-refractivity contribution in [2.75, 3.05) is 0 Å². The predicted molar refractivity (Wildman–Crippen MR) is 62.7 cm³/mol. The van der Waals surface area contributed by atoms with Crippen molar-refractivity contribution in [2.45, 2.75) is 39.3 Å². The zero-order valence-electron chi connectivity index (χ0n) is 9.10. The molecule has 1 nitrogen and oxygen atoms in total. The van der Waals surface area contributed by atoms with Gasteiger partial charge in [-0.05, 0) is 38.0 Å². The number of hydrogen-bond donors (Lipinski definition) is 1. The van der Waals surface area contributed by atoms with Gasteiger partial charge in [0.2, 0.25) is 0 Å². The van der Waals surface area contributed by atoms with Gasteiger partial charge in [-0.25, -0.2) is 0 Å². The molecule has 0 unspecified atom stereocenters. The van der Waals surface area contributed by atoms with Crippen LogP contribution in [-0.2, 0) is 6.54 Å². The van der Waals surface area contributed by atoms with Gasteiger partial charge in [0, 0.05) is 17.1 Å². The maximum Gasteiger partial charge on any atom is 0.0409 e. The van der Waals surface area contributed by atoms with E-state index in [1.54, 1.807) is 0 Å². The van der Waals surface area contributed by atoms with Crippen LogP contribution in [0.2, 0.25) is 5.02 Å². The molecular formula is C12H18ClN. The van der Waals surface area contributed by atoms with Crippen LogP contribution in [0.5, 0.6) is 0 Å². The highest BCUT2D eigenvalue weighted by Gasteiger charge is 2.12. The predicted octanol–water partition coefficient (Wildman–Crippen LogP) is 3.62. The molecule has 0 bridgehead atoms. The highest BCUT2D eigenvalue weighted by atomic mass is 35.5. The molecule has 0 aliphatic carbocycles. The fourth-order valence-corrected chi connectivity index (χ4v) is 1.33. The normalized spacial score (nSPS) is 11.7. The smallest absolute Gasteiger partial charge is 0.0409 e. The Balaban J connectivity index is 2.54. The largest absolute Gasteiger partial charge is 0.308 e. The second-order valence-corrected chi connectivity index (χ2v) is 4.66. The van der Waals surface area contributed by atoms with Gasteiger partial charge in [0.15, 0.2) is 0 Å². The molecule has 0 saturated carbocycles. The molecule has 1 rings (SSSR count). The molecule has 0 aliphatic heterocycles. The van der Waals surface area contributed by atoms with Gasteiger partial charge in [-0.3, -0.25) is 0 Å². The maximum atomic E-state index is 5.90. The topological polar surface area (TPSA) is 12.0 Å². The second kappa shape index (κ2) is 4.81. The van der Waals surface area contributed by atoms with Crippen LogP contribution < -0.4 is 5.32 Å². The summed E-state index contributed by atoms with van der Waals surface area (Å²) in [5, 5.41) is 4.30. The molecule has 0 heterocycles. The van der Waals surface area contributed by atoms with Gasteiger partial charge in [-0.1, -0.05) is 30.7 Å². The van der Waals surface area contributed by atoms with E-state index >= 15 is 0 Å². The van der Waals surface area contributed by atoms with Crippen molar-refractivity contribution in [1.82, 2.24) is 5.32 Å². The summed E-state index contributed by atoms with van der Waals surface area (Å²) in [6.45, 7) is 7.47. The molecule has 14 heavy (non-hydrogen) atoms. The Bertz CT molecular complexity index is 294. The number of nitrogens with one attached hydrogen (secondary N) is 1. The van der Waals surface area contributed by atoms with Crippen molar-refractivity contribution in [3.63, 3.8) is 0 Å². The molecule has 0 amide bonds. The number of hydrogen-bond acceptors (Lipinski definition) is 1. The first-order valence-corrected chi connectivity index (χ1v) is 5.41. The van der Waals surface area contributed by atoms with Crippen molar-refractivity contribution in [3.8, 4) is 0 Å². The average Bonchev–Trinajstić information content (AvgIpc) is 2.15. The van der Waals surface area contributed by atoms with Gasteiger partial charge in [-0.2, -0.15) is 0 Å². The van der Waals surface area contributed by atoms with E-state index in [0.29, 0.717) is 0 Å². The number of rotatable bonds is 4. The Morgan fingerprint density at radius 3 is 2.64 bits per heavy atom. The van der Waals surface area contributed by atoms with E-state index in [-0.39, 0.29) is 5.54 Å². The average molecular weight is 212 g/mol. The van der Waals surface area contributed by atoms with E-state index in [2.05, 4.69) is 32.2 Å². The summed E-state index contributed by atoms with van der Waals surface area (Å²) >= 11 is 5.90. The van der Waals surface area contributed by atoms with Crippen LogP contribution in [0, 0.1) is 0 Å². The zero-order chi connectivity index (χ0) is 10.6. The lowest BCUT2D eigenvalue weighted by Gasteiger charge is -2.24. The van der Waals surface area contributed by atoms with Crippen LogP contribution in [0.1, 0.15) is 32.8 Å². The minimum Gasteiger partial charge on any atom is -0.308 e. The lowest BCUT2D eigenvalue weighted by Crippen LogP contribution is -2.37. The van der Waals surface area contributed by atoms with E-state index in [9.17, 15) is 0 Å². The van der Waals surface area contributed by atoms with E-state index in [4.69, 9.17) is 11.6 Å². The highest BCUT2D eigenvalue weighted by molar-refractivity contribution is 6.30. The van der Waals surface area contributed by atoms with Crippen molar-refractivity contribution < 1.29 is 0 Å². The van der Waals surface area contributed by atoms with Crippen LogP contribution in [-0.4, -0.2) is 5.54 Å². The summed E-state index contributed by atoms with van der Waals surface area (Å²) in [4.78, 5) is 0. The molecule has 78 valence electrons. The van der Waals surface area contributed by atoms with Gasteiger partial charge >= 0.3 is 0 Å². The van der Waals surface area contributed by atoms with Gasteiger partial charge in [-0.15, -0.1) is 0 Å². The van der Waals surface area contributed by atoms with Crippen LogP contribution in [0.15, 0.2) is 24.3 Å². The summed E-state index contributed by atoms with van der Waals surface area (Å²) in [6.07, 6.45) is 1.12. The standard InChI is InChI=1S/C12H18ClN/c1-4-12(2,3)14-9-10-6-5-7-11(13)8-10/h5-8,14H,4,9H2,1-3H3. The Kier molecular flexibility index (Phi) is 3.97. The van der Waals surface area contributed by atoms with Crippen LogP contribution in [0.4, 0.5) is 0 Å². The Labute approximate surface area is 91.5 Å². The molecule has 1 N–H and O–H groups in total. The summed E-state index contributed by atoms with van der Waals surface area (Å²) in [5.41, 5.74) is 1.43. The third-order valence-electron chi connectivity index (χ3n) is 2.54. The summed E-state index contributed by atoms with van der Waals surface area (Å²) in [7, 11) is 0. The first-order chi connectivity index (χ1) is 6.53.